The molecule has 1 aromatic heterocycles. The summed E-state index contributed by atoms with van der Waals surface area (Å²) in [6.07, 6.45) is 3.40. The summed E-state index contributed by atoms with van der Waals surface area (Å²) in [6, 6.07) is 1.84. The molecule has 1 aliphatic carbocycles. The zero-order chi connectivity index (χ0) is 14.9. The number of amides is 1. The molecule has 1 aromatic rings. The van der Waals surface area contributed by atoms with Gasteiger partial charge in [-0.25, -0.2) is 0 Å². The van der Waals surface area contributed by atoms with Crippen molar-refractivity contribution in [1.82, 2.24) is 15.0 Å². The first kappa shape index (κ1) is 14.2. The van der Waals surface area contributed by atoms with E-state index in [4.69, 9.17) is 9.26 Å². The number of morpholine rings is 1. The molecule has 0 radical (unpaired) electrons. The third-order valence-corrected chi connectivity index (χ3v) is 4.92. The van der Waals surface area contributed by atoms with Gasteiger partial charge in [-0.05, 0) is 25.2 Å². The molecule has 22 heavy (non-hydrogen) atoms. The quantitative estimate of drug-likeness (QED) is 0.840. The molecule has 3 aliphatic rings. The smallest absolute Gasteiger partial charge is 0.276 e. The van der Waals surface area contributed by atoms with Crippen molar-refractivity contribution in [2.45, 2.75) is 25.2 Å². The Labute approximate surface area is 130 Å². The Hall–Kier alpha value is -1.40. The number of nitrogens with zero attached hydrogens (tertiary/aromatic N) is 3. The lowest BCUT2D eigenvalue weighted by Gasteiger charge is -2.28. The van der Waals surface area contributed by atoms with E-state index in [1.165, 1.54) is 0 Å². The Balaban J connectivity index is 1.32. The van der Waals surface area contributed by atoms with Gasteiger partial charge in [0.05, 0.1) is 13.2 Å². The Kier molecular flexibility index (Phi) is 3.88. The first-order valence-electron chi connectivity index (χ1n) is 8.35. The molecule has 2 aliphatic heterocycles. The molecule has 3 fully saturated rings. The van der Waals surface area contributed by atoms with E-state index >= 15 is 0 Å². The molecule has 2 saturated heterocycles. The lowest BCUT2D eigenvalue weighted by molar-refractivity contribution is 0.0310. The van der Waals surface area contributed by atoms with E-state index < -0.39 is 0 Å². The van der Waals surface area contributed by atoms with E-state index in [-0.39, 0.29) is 5.91 Å². The van der Waals surface area contributed by atoms with Gasteiger partial charge < -0.3 is 14.2 Å². The molecular formula is C16H23N3O3. The highest BCUT2D eigenvalue weighted by Crippen LogP contribution is 2.40. The SMILES string of the molecule is O=C(c1cc(C2CC2)on1)N1CC[C@H](CN2CCOCC2)C1. The van der Waals surface area contributed by atoms with Crippen LogP contribution in [0.25, 0.3) is 0 Å². The summed E-state index contributed by atoms with van der Waals surface area (Å²) in [5.74, 6) is 1.98. The van der Waals surface area contributed by atoms with Crippen LogP contribution in [0.1, 0.15) is 41.4 Å². The second-order valence-corrected chi connectivity index (χ2v) is 6.71. The first-order valence-corrected chi connectivity index (χ1v) is 8.35. The van der Waals surface area contributed by atoms with Gasteiger partial charge in [0.1, 0.15) is 5.76 Å². The van der Waals surface area contributed by atoms with Crippen LogP contribution in [0, 0.1) is 5.92 Å². The Morgan fingerprint density at radius 3 is 2.82 bits per heavy atom. The molecule has 0 bridgehead atoms. The summed E-state index contributed by atoms with van der Waals surface area (Å²) >= 11 is 0. The molecular weight excluding hydrogens is 282 g/mol. The van der Waals surface area contributed by atoms with Crippen molar-refractivity contribution < 1.29 is 14.1 Å². The number of likely N-dealkylation sites (tertiary alicyclic amines) is 1. The average Bonchev–Trinajstić information content (AvgIpc) is 3.10. The molecule has 1 amide bonds. The van der Waals surface area contributed by atoms with Crippen LogP contribution in [0.5, 0.6) is 0 Å². The van der Waals surface area contributed by atoms with Crippen molar-refractivity contribution in [3.63, 3.8) is 0 Å². The van der Waals surface area contributed by atoms with Crippen LogP contribution >= 0.6 is 0 Å². The van der Waals surface area contributed by atoms with Gasteiger partial charge in [0, 0.05) is 44.7 Å². The molecule has 0 spiro atoms. The zero-order valence-corrected chi connectivity index (χ0v) is 12.9. The van der Waals surface area contributed by atoms with E-state index in [0.717, 1.165) is 71.0 Å². The van der Waals surface area contributed by atoms with Crippen LogP contribution in [0.4, 0.5) is 0 Å². The largest absolute Gasteiger partial charge is 0.379 e. The summed E-state index contributed by atoms with van der Waals surface area (Å²) in [5.41, 5.74) is 0.480. The van der Waals surface area contributed by atoms with Crippen molar-refractivity contribution in [1.29, 1.82) is 0 Å². The molecule has 0 aromatic carbocycles. The lowest BCUT2D eigenvalue weighted by atomic mass is 10.1. The highest BCUT2D eigenvalue weighted by Gasteiger charge is 2.32. The second kappa shape index (κ2) is 6.01. The highest BCUT2D eigenvalue weighted by molar-refractivity contribution is 5.92. The highest BCUT2D eigenvalue weighted by atomic mass is 16.5. The van der Waals surface area contributed by atoms with Gasteiger partial charge in [0.15, 0.2) is 5.69 Å². The average molecular weight is 305 g/mol. The summed E-state index contributed by atoms with van der Waals surface area (Å²) in [7, 11) is 0. The predicted octanol–water partition coefficient (Wildman–Crippen LogP) is 1.35. The molecule has 4 rings (SSSR count). The number of aromatic nitrogens is 1. The Bertz CT molecular complexity index is 534. The van der Waals surface area contributed by atoms with E-state index in [1.54, 1.807) is 0 Å². The molecule has 120 valence electrons. The third kappa shape index (κ3) is 3.03. The summed E-state index contributed by atoms with van der Waals surface area (Å²) in [4.78, 5) is 16.9. The fraction of sp³-hybridized carbons (Fsp3) is 0.750. The first-order chi connectivity index (χ1) is 10.8. The number of rotatable bonds is 4. The van der Waals surface area contributed by atoms with E-state index in [9.17, 15) is 4.79 Å². The summed E-state index contributed by atoms with van der Waals surface area (Å²) in [5, 5.41) is 3.97. The van der Waals surface area contributed by atoms with Crippen molar-refractivity contribution in [3.8, 4) is 0 Å². The molecule has 6 nitrogen and oxygen atoms in total. The number of hydrogen-bond donors (Lipinski definition) is 0. The monoisotopic (exact) mass is 305 g/mol. The summed E-state index contributed by atoms with van der Waals surface area (Å²) in [6.45, 7) is 6.42. The molecule has 0 N–H and O–H groups in total. The predicted molar refractivity (Wildman–Crippen MR) is 79.7 cm³/mol. The van der Waals surface area contributed by atoms with E-state index in [1.807, 2.05) is 11.0 Å². The van der Waals surface area contributed by atoms with E-state index in [0.29, 0.717) is 17.5 Å². The Morgan fingerprint density at radius 2 is 2.05 bits per heavy atom. The van der Waals surface area contributed by atoms with Crippen molar-refractivity contribution >= 4 is 5.91 Å². The number of ether oxygens (including phenoxy) is 1. The van der Waals surface area contributed by atoms with Gasteiger partial charge in [-0.15, -0.1) is 0 Å². The van der Waals surface area contributed by atoms with Crippen LogP contribution in [0.3, 0.4) is 0 Å². The van der Waals surface area contributed by atoms with Crippen LogP contribution in [-0.2, 0) is 4.74 Å². The van der Waals surface area contributed by atoms with Crippen LogP contribution in [0.2, 0.25) is 0 Å². The topological polar surface area (TPSA) is 58.8 Å². The van der Waals surface area contributed by atoms with Gasteiger partial charge in [0.2, 0.25) is 0 Å². The fourth-order valence-electron chi connectivity index (χ4n) is 3.43. The lowest BCUT2D eigenvalue weighted by Crippen LogP contribution is -2.40. The maximum Gasteiger partial charge on any atom is 0.276 e. The van der Waals surface area contributed by atoms with Crippen molar-refractivity contribution in [2.24, 2.45) is 5.92 Å². The number of hydrogen-bond acceptors (Lipinski definition) is 5. The maximum absolute atomic E-state index is 12.5. The standard InChI is InChI=1S/C16H23N3O3/c20-16(14-9-15(22-17-14)13-1-2-13)19-4-3-12(11-19)10-18-5-7-21-8-6-18/h9,12-13H,1-8,10-11H2/t12-/m1/s1. The van der Waals surface area contributed by atoms with E-state index in [2.05, 4.69) is 10.1 Å². The van der Waals surface area contributed by atoms with Gasteiger partial charge in [-0.1, -0.05) is 5.16 Å². The van der Waals surface area contributed by atoms with Crippen LogP contribution in [-0.4, -0.2) is 66.8 Å². The molecule has 1 atom stereocenters. The number of carbonyl (C=O) groups is 1. The molecule has 6 heteroatoms. The zero-order valence-electron chi connectivity index (χ0n) is 12.9. The van der Waals surface area contributed by atoms with Gasteiger partial charge >= 0.3 is 0 Å². The summed E-state index contributed by atoms with van der Waals surface area (Å²) < 4.78 is 10.7. The normalized spacial score (nSPS) is 26.5. The molecule has 1 saturated carbocycles. The molecule has 0 unspecified atom stereocenters. The van der Waals surface area contributed by atoms with Crippen molar-refractivity contribution in [3.05, 3.63) is 17.5 Å². The van der Waals surface area contributed by atoms with Gasteiger partial charge in [-0.3, -0.25) is 9.69 Å². The minimum atomic E-state index is 0.0279. The number of carbonyl (C=O) groups excluding carboxylic acids is 1. The second-order valence-electron chi connectivity index (χ2n) is 6.71. The minimum Gasteiger partial charge on any atom is -0.379 e. The van der Waals surface area contributed by atoms with Crippen LogP contribution in [0.15, 0.2) is 10.6 Å². The third-order valence-electron chi connectivity index (χ3n) is 4.92. The Morgan fingerprint density at radius 1 is 1.23 bits per heavy atom. The minimum absolute atomic E-state index is 0.0279. The maximum atomic E-state index is 12.5. The fourth-order valence-corrected chi connectivity index (χ4v) is 3.43. The molecule has 3 heterocycles. The van der Waals surface area contributed by atoms with Gasteiger partial charge in [0.25, 0.3) is 5.91 Å². The van der Waals surface area contributed by atoms with Gasteiger partial charge in [-0.2, -0.15) is 0 Å². The van der Waals surface area contributed by atoms with Crippen LogP contribution < -0.4 is 0 Å². The van der Waals surface area contributed by atoms with Crippen molar-refractivity contribution in [2.75, 3.05) is 45.9 Å².